The number of hydrogen-bond acceptors (Lipinski definition) is 5. The summed E-state index contributed by atoms with van der Waals surface area (Å²) in [4.78, 5) is 5.74. The van der Waals surface area contributed by atoms with Crippen LogP contribution in [0, 0.1) is 6.92 Å². The van der Waals surface area contributed by atoms with E-state index in [1.165, 1.54) is 10.4 Å². The number of ether oxygens (including phenoxy) is 1. The molecule has 1 aliphatic heterocycles. The van der Waals surface area contributed by atoms with E-state index >= 15 is 0 Å². The van der Waals surface area contributed by atoms with Crippen LogP contribution in [0.25, 0.3) is 10.2 Å². The monoisotopic (exact) mass is 387 g/mol. The third kappa shape index (κ3) is 3.45. The van der Waals surface area contributed by atoms with E-state index < -0.39 is 0 Å². The van der Waals surface area contributed by atoms with Gasteiger partial charge in [-0.25, -0.2) is 4.98 Å². The fraction of sp³-hybridized carbons (Fsp3) is 0.350. The molecule has 6 heteroatoms. The topological polar surface area (TPSA) is 60.2 Å². The highest BCUT2D eigenvalue weighted by molar-refractivity contribution is 7.20. The van der Waals surface area contributed by atoms with Gasteiger partial charge in [-0.05, 0) is 30.9 Å². The van der Waals surface area contributed by atoms with Crippen LogP contribution in [0.5, 0.6) is 0 Å². The number of halogens is 1. The molecule has 0 radical (unpaired) electrons. The molecule has 0 spiro atoms. The maximum Gasteiger partial charge on any atom is 0.131 e. The van der Waals surface area contributed by atoms with Crippen molar-refractivity contribution in [3.05, 3.63) is 57.6 Å². The normalized spacial score (nSPS) is 20.4. The zero-order valence-electron chi connectivity index (χ0n) is 14.7. The van der Waals surface area contributed by atoms with Crippen molar-refractivity contribution < 1.29 is 4.74 Å². The average Bonchev–Trinajstić information content (AvgIpc) is 2.98. The number of fused-ring (bicyclic) bond motifs is 1. The van der Waals surface area contributed by atoms with Crippen LogP contribution < -0.4 is 11.1 Å². The largest absolute Gasteiger partial charge is 0.380 e. The number of anilines is 1. The van der Waals surface area contributed by atoms with E-state index in [1.807, 2.05) is 24.3 Å². The number of aryl methyl sites for hydroxylation is 1. The minimum absolute atomic E-state index is 0.0340. The fourth-order valence-corrected chi connectivity index (χ4v) is 4.99. The average molecular weight is 388 g/mol. The van der Waals surface area contributed by atoms with E-state index in [1.54, 1.807) is 11.3 Å². The zero-order valence-corrected chi connectivity index (χ0v) is 16.2. The lowest BCUT2D eigenvalue weighted by molar-refractivity contribution is 0.00207. The molecule has 2 atom stereocenters. The van der Waals surface area contributed by atoms with Crippen LogP contribution in [-0.2, 0) is 11.3 Å². The van der Waals surface area contributed by atoms with Crippen molar-refractivity contribution in [2.24, 2.45) is 5.73 Å². The number of rotatable bonds is 4. The number of aromatic nitrogens is 1. The summed E-state index contributed by atoms with van der Waals surface area (Å²) in [5.41, 5.74) is 10.6. The minimum atomic E-state index is -0.0521. The lowest BCUT2D eigenvalue weighted by atomic mass is 10.00. The van der Waals surface area contributed by atoms with Crippen molar-refractivity contribution in [2.75, 3.05) is 11.9 Å². The summed E-state index contributed by atoms with van der Waals surface area (Å²) in [6, 6.07) is 12.2. The molecule has 0 saturated carbocycles. The number of hydrogen-bond donors (Lipinski definition) is 2. The Kier molecular flexibility index (Phi) is 5.14. The first-order chi connectivity index (χ1) is 12.6. The summed E-state index contributed by atoms with van der Waals surface area (Å²) >= 11 is 8.01. The van der Waals surface area contributed by atoms with E-state index in [0.29, 0.717) is 5.15 Å². The van der Waals surface area contributed by atoms with Gasteiger partial charge >= 0.3 is 0 Å². The molecule has 1 saturated heterocycles. The second-order valence-corrected chi connectivity index (χ2v) is 8.14. The van der Waals surface area contributed by atoms with Crippen molar-refractivity contribution in [1.29, 1.82) is 0 Å². The van der Waals surface area contributed by atoms with Gasteiger partial charge in [0.1, 0.15) is 11.3 Å². The zero-order chi connectivity index (χ0) is 18.1. The summed E-state index contributed by atoms with van der Waals surface area (Å²) in [5, 5.41) is 4.01. The summed E-state index contributed by atoms with van der Waals surface area (Å²) in [6.45, 7) is 3.59. The molecular weight excluding hydrogens is 366 g/mol. The van der Waals surface area contributed by atoms with Gasteiger partial charge < -0.3 is 15.8 Å². The molecule has 1 aliphatic rings. The van der Waals surface area contributed by atoms with Gasteiger partial charge in [0.25, 0.3) is 0 Å². The van der Waals surface area contributed by atoms with E-state index in [4.69, 9.17) is 22.1 Å². The fourth-order valence-electron chi connectivity index (χ4n) is 3.43. The highest BCUT2D eigenvalue weighted by Gasteiger charge is 2.29. The van der Waals surface area contributed by atoms with E-state index in [2.05, 4.69) is 29.4 Å². The van der Waals surface area contributed by atoms with Crippen LogP contribution in [0.1, 0.15) is 34.9 Å². The molecule has 1 aromatic carbocycles. The smallest absolute Gasteiger partial charge is 0.131 e. The van der Waals surface area contributed by atoms with Crippen LogP contribution in [0.3, 0.4) is 0 Å². The Morgan fingerprint density at radius 2 is 2.15 bits per heavy atom. The van der Waals surface area contributed by atoms with Gasteiger partial charge in [0.05, 0.1) is 15.9 Å². The van der Waals surface area contributed by atoms with Gasteiger partial charge in [-0.15, -0.1) is 11.3 Å². The maximum absolute atomic E-state index is 6.32. The van der Waals surface area contributed by atoms with E-state index in [-0.39, 0.29) is 12.1 Å². The van der Waals surface area contributed by atoms with Gasteiger partial charge in [-0.3, -0.25) is 0 Å². The first kappa shape index (κ1) is 17.7. The summed E-state index contributed by atoms with van der Waals surface area (Å²) in [7, 11) is 0. The third-order valence-corrected chi connectivity index (χ3v) is 6.40. The third-order valence-electron chi connectivity index (χ3n) is 4.83. The Bertz CT molecular complexity index is 912. The van der Waals surface area contributed by atoms with Crippen LogP contribution in [0.15, 0.2) is 36.4 Å². The quantitative estimate of drug-likeness (QED) is 0.615. The molecule has 4 rings (SSSR count). The highest BCUT2D eigenvalue weighted by Crippen LogP contribution is 2.42. The number of nitrogens with two attached hydrogens (primary N) is 1. The summed E-state index contributed by atoms with van der Waals surface area (Å²) in [6.07, 6.45) is 1.96. The lowest BCUT2D eigenvalue weighted by Crippen LogP contribution is -2.34. The minimum Gasteiger partial charge on any atom is -0.380 e. The first-order valence-corrected chi connectivity index (χ1v) is 10.1. The van der Waals surface area contributed by atoms with Crippen molar-refractivity contribution >= 4 is 38.8 Å². The van der Waals surface area contributed by atoms with Gasteiger partial charge in [-0.2, -0.15) is 0 Å². The van der Waals surface area contributed by atoms with E-state index in [0.717, 1.165) is 47.5 Å². The van der Waals surface area contributed by atoms with Crippen LogP contribution >= 0.6 is 22.9 Å². The number of benzene rings is 1. The van der Waals surface area contributed by atoms with Crippen LogP contribution in [0.4, 0.5) is 5.69 Å². The van der Waals surface area contributed by atoms with Gasteiger partial charge in [0.15, 0.2) is 0 Å². The molecule has 4 nitrogen and oxygen atoms in total. The maximum atomic E-state index is 6.32. The molecular formula is C20H22ClN3OS. The van der Waals surface area contributed by atoms with Crippen molar-refractivity contribution in [2.45, 2.75) is 38.5 Å². The molecule has 3 heterocycles. The molecule has 136 valence electrons. The molecule has 3 N–H and O–H groups in total. The molecule has 1 fully saturated rings. The predicted octanol–water partition coefficient (Wildman–Crippen LogP) is 5.05. The number of nitrogens with one attached hydrogen (secondary N) is 1. The number of thiophene rings is 1. The molecule has 0 bridgehead atoms. The van der Waals surface area contributed by atoms with Crippen LogP contribution in [-0.4, -0.2) is 17.6 Å². The van der Waals surface area contributed by atoms with Gasteiger partial charge in [-0.1, -0.05) is 41.9 Å². The summed E-state index contributed by atoms with van der Waals surface area (Å²) < 4.78 is 7.10. The Morgan fingerprint density at radius 3 is 2.92 bits per heavy atom. The van der Waals surface area contributed by atoms with Crippen molar-refractivity contribution in [3.8, 4) is 0 Å². The Hall–Kier alpha value is -1.66. The SMILES string of the molecule is Cc1c([C@@H]2OCCC[C@H]2N)sc2c(NCc3ccccc3)cc(Cl)nc12. The molecule has 26 heavy (non-hydrogen) atoms. The van der Waals surface area contributed by atoms with E-state index in [9.17, 15) is 0 Å². The molecule has 0 amide bonds. The van der Waals surface area contributed by atoms with Gasteiger partial charge in [0, 0.05) is 30.1 Å². The molecule has 0 aliphatic carbocycles. The second-order valence-electron chi connectivity index (χ2n) is 6.70. The molecule has 0 unspecified atom stereocenters. The predicted molar refractivity (Wildman–Crippen MR) is 109 cm³/mol. The molecule has 3 aromatic rings. The molecule has 2 aromatic heterocycles. The van der Waals surface area contributed by atoms with Crippen molar-refractivity contribution in [1.82, 2.24) is 4.98 Å². The first-order valence-electron chi connectivity index (χ1n) is 8.88. The van der Waals surface area contributed by atoms with Crippen LogP contribution in [0.2, 0.25) is 5.15 Å². The van der Waals surface area contributed by atoms with Gasteiger partial charge in [0.2, 0.25) is 0 Å². The summed E-state index contributed by atoms with van der Waals surface area (Å²) in [5.74, 6) is 0. The Morgan fingerprint density at radius 1 is 1.35 bits per heavy atom. The standard InChI is InChI=1S/C20H22ClN3OS/c1-12-17-20(26-19(12)18-14(22)8-5-9-25-18)15(10-16(21)24-17)23-11-13-6-3-2-4-7-13/h2-4,6-7,10,14,18H,5,8-9,11,22H2,1H3,(H,23,24)/t14-,18-/m1/s1. The van der Waals surface area contributed by atoms with Crippen molar-refractivity contribution in [3.63, 3.8) is 0 Å². The second kappa shape index (κ2) is 7.53. The Labute approximate surface area is 162 Å². The number of pyridine rings is 1. The lowest BCUT2D eigenvalue weighted by Gasteiger charge is -2.28. The highest BCUT2D eigenvalue weighted by atomic mass is 35.5. The number of nitrogens with zero attached hydrogens (tertiary/aromatic N) is 1. The Balaban J connectivity index is 1.70.